The lowest BCUT2D eigenvalue weighted by Gasteiger charge is -2.39. The van der Waals surface area contributed by atoms with Crippen LogP contribution in [0.5, 0.6) is 5.75 Å². The van der Waals surface area contributed by atoms with Gasteiger partial charge in [0.25, 0.3) is 0 Å². The van der Waals surface area contributed by atoms with Crippen molar-refractivity contribution in [1.29, 1.82) is 0 Å². The fourth-order valence-corrected chi connectivity index (χ4v) is 5.50. The summed E-state index contributed by atoms with van der Waals surface area (Å²) in [4.78, 5) is 11.8. The Hall–Kier alpha value is -2.07. The zero-order valence-corrected chi connectivity index (χ0v) is 26.7. The Labute approximate surface area is 259 Å². The van der Waals surface area contributed by atoms with Crippen LogP contribution in [0.4, 0.5) is 0 Å². The van der Waals surface area contributed by atoms with Crippen molar-refractivity contribution in [2.45, 2.75) is 70.4 Å². The topological polar surface area (TPSA) is 63.2 Å². The third-order valence-electron chi connectivity index (χ3n) is 7.24. The second-order valence-corrected chi connectivity index (χ2v) is 12.3. The number of methoxy groups -OCH3 is 1. The average molecular weight is 690 g/mol. The van der Waals surface area contributed by atoms with Gasteiger partial charge in [-0.05, 0) is 71.8 Å². The molecular weight excluding hydrogens is 652 g/mol. The number of carbonyl (C=O) groups excluding carboxylic acids is 1. The molecule has 0 bridgehead atoms. The molecule has 0 spiro atoms. The summed E-state index contributed by atoms with van der Waals surface area (Å²) in [6.45, 7) is 3.90. The maximum atomic E-state index is 11.8. The van der Waals surface area contributed by atoms with E-state index in [2.05, 4.69) is 50.9 Å². The molecule has 1 aliphatic rings. The smallest absolute Gasteiger partial charge is 0.122 e. The van der Waals surface area contributed by atoms with Crippen LogP contribution < -0.4 is 4.74 Å². The first-order valence-corrected chi connectivity index (χ1v) is 15.5. The molecular formula is C33H38Br2O6. The predicted octanol–water partition coefficient (Wildman–Crippen LogP) is 7.68. The van der Waals surface area contributed by atoms with Gasteiger partial charge < -0.3 is 28.5 Å². The molecule has 1 aliphatic heterocycles. The Kier molecular flexibility index (Phi) is 12.8. The highest BCUT2D eigenvalue weighted by atomic mass is 79.9. The van der Waals surface area contributed by atoms with Crippen molar-refractivity contribution in [3.05, 3.63) is 98.4 Å². The van der Waals surface area contributed by atoms with E-state index in [0.29, 0.717) is 26.4 Å². The van der Waals surface area contributed by atoms with Crippen molar-refractivity contribution in [2.75, 3.05) is 13.7 Å². The molecule has 3 aromatic carbocycles. The van der Waals surface area contributed by atoms with Gasteiger partial charge in [0.05, 0.1) is 51.8 Å². The lowest BCUT2D eigenvalue weighted by Crippen LogP contribution is -2.46. The summed E-state index contributed by atoms with van der Waals surface area (Å²) >= 11 is 6.98. The van der Waals surface area contributed by atoms with Gasteiger partial charge in [0.15, 0.2) is 0 Å². The first kappa shape index (κ1) is 31.9. The summed E-state index contributed by atoms with van der Waals surface area (Å²) in [5.41, 5.74) is 3.20. The first-order chi connectivity index (χ1) is 19.9. The van der Waals surface area contributed by atoms with E-state index in [0.717, 1.165) is 50.5 Å². The molecule has 3 aromatic rings. The van der Waals surface area contributed by atoms with E-state index in [9.17, 15) is 4.79 Å². The number of carbonyl (C=O) groups is 1. The molecule has 0 aliphatic carbocycles. The van der Waals surface area contributed by atoms with Crippen LogP contribution in [0.1, 0.15) is 42.9 Å². The molecule has 0 saturated carbocycles. The summed E-state index contributed by atoms with van der Waals surface area (Å²) in [5, 5.41) is 0. The fraction of sp³-hybridized carbons (Fsp3) is 0.424. The number of rotatable bonds is 13. The van der Waals surface area contributed by atoms with Gasteiger partial charge >= 0.3 is 0 Å². The minimum Gasteiger partial charge on any atom is -0.497 e. The van der Waals surface area contributed by atoms with E-state index in [1.165, 1.54) is 0 Å². The number of halogens is 2. The molecule has 0 amide bonds. The molecule has 0 radical (unpaired) electrons. The van der Waals surface area contributed by atoms with Gasteiger partial charge in [-0.3, -0.25) is 0 Å². The van der Waals surface area contributed by atoms with Crippen LogP contribution in [0, 0.1) is 5.92 Å². The maximum absolute atomic E-state index is 11.8. The Morgan fingerprint density at radius 2 is 1.24 bits per heavy atom. The summed E-state index contributed by atoms with van der Waals surface area (Å²) in [6.07, 6.45) is 1.50. The van der Waals surface area contributed by atoms with Crippen molar-refractivity contribution < 1.29 is 28.5 Å². The number of benzene rings is 3. The van der Waals surface area contributed by atoms with Crippen LogP contribution >= 0.6 is 31.9 Å². The number of hydrogen-bond donors (Lipinski definition) is 0. The molecule has 5 atom stereocenters. The van der Waals surface area contributed by atoms with E-state index in [-0.39, 0.29) is 30.7 Å². The van der Waals surface area contributed by atoms with Gasteiger partial charge in [0, 0.05) is 15.4 Å². The van der Waals surface area contributed by atoms with Crippen LogP contribution in [0.2, 0.25) is 0 Å². The van der Waals surface area contributed by atoms with E-state index < -0.39 is 6.10 Å². The minimum absolute atomic E-state index is 0.199. The second kappa shape index (κ2) is 16.5. The normalized spacial score (nSPS) is 23.0. The van der Waals surface area contributed by atoms with Crippen LogP contribution in [-0.2, 0) is 43.6 Å². The maximum Gasteiger partial charge on any atom is 0.122 e. The molecule has 0 unspecified atom stereocenters. The molecule has 220 valence electrons. The summed E-state index contributed by atoms with van der Waals surface area (Å²) in [6, 6.07) is 24.0. The van der Waals surface area contributed by atoms with E-state index >= 15 is 0 Å². The van der Waals surface area contributed by atoms with Crippen molar-refractivity contribution in [3.63, 3.8) is 0 Å². The number of ether oxygens (including phenoxy) is 5. The van der Waals surface area contributed by atoms with Gasteiger partial charge in [0.2, 0.25) is 0 Å². The van der Waals surface area contributed by atoms with Crippen LogP contribution in [0.15, 0.2) is 81.7 Å². The first-order valence-electron chi connectivity index (χ1n) is 14.0. The highest BCUT2D eigenvalue weighted by molar-refractivity contribution is 9.10. The van der Waals surface area contributed by atoms with Crippen LogP contribution in [0.3, 0.4) is 0 Å². The molecule has 0 N–H and O–H groups in total. The van der Waals surface area contributed by atoms with E-state index in [1.807, 2.05) is 60.7 Å². The third-order valence-corrected chi connectivity index (χ3v) is 8.30. The highest BCUT2D eigenvalue weighted by Gasteiger charge is 2.36. The molecule has 8 heteroatoms. The lowest BCUT2D eigenvalue weighted by atomic mass is 9.90. The molecule has 6 nitrogen and oxygen atoms in total. The Morgan fingerprint density at radius 3 is 1.76 bits per heavy atom. The fourth-order valence-electron chi connectivity index (χ4n) is 4.97. The zero-order chi connectivity index (χ0) is 29.0. The quantitative estimate of drug-likeness (QED) is 0.172. The molecule has 41 heavy (non-hydrogen) atoms. The monoisotopic (exact) mass is 688 g/mol. The lowest BCUT2D eigenvalue weighted by molar-refractivity contribution is -0.186. The van der Waals surface area contributed by atoms with Crippen molar-refractivity contribution in [3.8, 4) is 5.75 Å². The zero-order valence-electron chi connectivity index (χ0n) is 23.5. The Bertz CT molecular complexity index is 1190. The van der Waals surface area contributed by atoms with Crippen molar-refractivity contribution >= 4 is 38.1 Å². The number of aldehydes is 1. The molecule has 1 fully saturated rings. The summed E-state index contributed by atoms with van der Waals surface area (Å²) < 4.78 is 33.1. The Balaban J connectivity index is 1.47. The second-order valence-electron chi connectivity index (χ2n) is 10.5. The van der Waals surface area contributed by atoms with Gasteiger partial charge in [-0.15, -0.1) is 0 Å². The van der Waals surface area contributed by atoms with Crippen LogP contribution in [-0.4, -0.2) is 44.4 Å². The largest absolute Gasteiger partial charge is 0.497 e. The van der Waals surface area contributed by atoms with Gasteiger partial charge in [-0.2, -0.15) is 0 Å². The highest BCUT2D eigenvalue weighted by Crippen LogP contribution is 2.30. The van der Waals surface area contributed by atoms with E-state index in [4.69, 9.17) is 23.7 Å². The van der Waals surface area contributed by atoms with Crippen molar-refractivity contribution in [1.82, 2.24) is 0 Å². The van der Waals surface area contributed by atoms with Crippen molar-refractivity contribution in [2.24, 2.45) is 5.92 Å². The number of hydrogen-bond acceptors (Lipinski definition) is 6. The minimum atomic E-state index is -0.409. The predicted molar refractivity (Wildman–Crippen MR) is 166 cm³/mol. The molecule has 1 heterocycles. The molecule has 4 rings (SSSR count). The van der Waals surface area contributed by atoms with Gasteiger partial charge in [-0.1, -0.05) is 75.2 Å². The van der Waals surface area contributed by atoms with Gasteiger partial charge in [-0.25, -0.2) is 0 Å². The SMILES string of the molecule is COc1ccc(CO[C@@H]2C[C@H](C)C[C@H](OCc3ccc(Br)cc3)[C@@H](COCc3ccc(Br)cc3)O[C@H]2CC=O)cc1. The molecule has 1 saturated heterocycles. The Morgan fingerprint density at radius 1 is 0.756 bits per heavy atom. The average Bonchev–Trinajstić information content (AvgIpc) is 2.98. The van der Waals surface area contributed by atoms with Crippen LogP contribution in [0.25, 0.3) is 0 Å². The van der Waals surface area contributed by atoms with E-state index in [1.54, 1.807) is 7.11 Å². The summed E-state index contributed by atoms with van der Waals surface area (Å²) in [5.74, 6) is 1.09. The standard InChI is InChI=1S/C33H38Br2O6/c1-23-17-31(39-21-26-7-13-29(37-2)14-8-26)30(15-16-36)41-33(22-38-19-24-3-9-27(34)10-4-24)32(18-23)40-20-25-5-11-28(35)12-6-25/h3-14,16,23,30-33H,15,17-22H2,1-2H3/t23-,30-,31+,32-,33+/m0/s1. The summed E-state index contributed by atoms with van der Waals surface area (Å²) in [7, 11) is 1.65. The molecule has 0 aromatic heterocycles. The van der Waals surface area contributed by atoms with Gasteiger partial charge in [0.1, 0.15) is 18.1 Å². The third kappa shape index (κ3) is 10.3.